The maximum atomic E-state index is 13.0. The molecule has 2 rings (SSSR count). The highest BCUT2D eigenvalue weighted by Crippen LogP contribution is 2.21. The molecule has 0 radical (unpaired) electrons. The Morgan fingerprint density at radius 2 is 2.00 bits per heavy atom. The number of carbonyl (C=O) groups is 1. The average Bonchev–Trinajstić information content (AvgIpc) is 2.43. The lowest BCUT2D eigenvalue weighted by molar-refractivity contribution is -0.134. The SMILES string of the molecule is O=C(CCSc1ccc(F)c(F)c1)N1CCOCC1. The predicted molar refractivity (Wildman–Crippen MR) is 69.1 cm³/mol. The standard InChI is InChI=1S/C13H15F2NO2S/c14-11-2-1-10(9-12(11)15)19-8-3-13(17)16-4-6-18-7-5-16/h1-2,9H,3-8H2. The van der Waals surface area contributed by atoms with Crippen molar-refractivity contribution in [1.82, 2.24) is 4.90 Å². The number of nitrogens with zero attached hydrogens (tertiary/aromatic N) is 1. The van der Waals surface area contributed by atoms with Gasteiger partial charge in [-0.15, -0.1) is 11.8 Å². The minimum atomic E-state index is -0.857. The van der Waals surface area contributed by atoms with E-state index in [0.29, 0.717) is 43.4 Å². The fourth-order valence-corrected chi connectivity index (χ4v) is 2.66. The van der Waals surface area contributed by atoms with Gasteiger partial charge >= 0.3 is 0 Å². The molecule has 1 aromatic carbocycles. The quantitative estimate of drug-likeness (QED) is 0.796. The van der Waals surface area contributed by atoms with Crippen molar-refractivity contribution in [3.05, 3.63) is 29.8 Å². The number of ether oxygens (including phenoxy) is 1. The summed E-state index contributed by atoms with van der Waals surface area (Å²) in [5.74, 6) is -1.07. The molecule has 0 spiro atoms. The fraction of sp³-hybridized carbons (Fsp3) is 0.462. The third-order valence-electron chi connectivity index (χ3n) is 2.84. The van der Waals surface area contributed by atoms with E-state index >= 15 is 0 Å². The first-order chi connectivity index (χ1) is 9.16. The van der Waals surface area contributed by atoms with Gasteiger partial charge in [0.15, 0.2) is 11.6 Å². The fourth-order valence-electron chi connectivity index (χ4n) is 1.79. The van der Waals surface area contributed by atoms with Crippen LogP contribution in [-0.2, 0) is 9.53 Å². The highest BCUT2D eigenvalue weighted by atomic mass is 32.2. The van der Waals surface area contributed by atoms with Crippen LogP contribution >= 0.6 is 11.8 Å². The lowest BCUT2D eigenvalue weighted by Crippen LogP contribution is -2.40. The number of halogens is 2. The van der Waals surface area contributed by atoms with E-state index < -0.39 is 11.6 Å². The van der Waals surface area contributed by atoms with Gasteiger partial charge in [-0.25, -0.2) is 8.78 Å². The van der Waals surface area contributed by atoms with Crippen molar-refractivity contribution >= 4 is 17.7 Å². The van der Waals surface area contributed by atoms with E-state index in [2.05, 4.69) is 0 Å². The Bertz CT molecular complexity index is 450. The van der Waals surface area contributed by atoms with E-state index in [-0.39, 0.29) is 5.91 Å². The molecule has 19 heavy (non-hydrogen) atoms. The minimum absolute atomic E-state index is 0.0818. The Balaban J connectivity index is 1.76. The smallest absolute Gasteiger partial charge is 0.223 e. The van der Waals surface area contributed by atoms with Gasteiger partial charge in [0.1, 0.15) is 0 Å². The highest BCUT2D eigenvalue weighted by Gasteiger charge is 2.16. The second-order valence-electron chi connectivity index (χ2n) is 4.17. The van der Waals surface area contributed by atoms with Crippen LogP contribution in [0, 0.1) is 11.6 Å². The summed E-state index contributed by atoms with van der Waals surface area (Å²) in [5, 5.41) is 0. The van der Waals surface area contributed by atoms with Crippen molar-refractivity contribution in [3.8, 4) is 0 Å². The zero-order chi connectivity index (χ0) is 13.7. The van der Waals surface area contributed by atoms with Gasteiger partial charge in [0, 0.05) is 30.2 Å². The summed E-state index contributed by atoms with van der Waals surface area (Å²) in [5.41, 5.74) is 0. The average molecular weight is 287 g/mol. The number of carbonyl (C=O) groups excluding carboxylic acids is 1. The zero-order valence-corrected chi connectivity index (χ0v) is 11.2. The largest absolute Gasteiger partial charge is 0.378 e. The molecular formula is C13H15F2NO2S. The second kappa shape index (κ2) is 6.86. The highest BCUT2D eigenvalue weighted by molar-refractivity contribution is 7.99. The topological polar surface area (TPSA) is 29.5 Å². The Morgan fingerprint density at radius 3 is 2.68 bits per heavy atom. The van der Waals surface area contributed by atoms with Crippen LogP contribution in [0.5, 0.6) is 0 Å². The van der Waals surface area contributed by atoms with Crippen LogP contribution in [0.25, 0.3) is 0 Å². The molecular weight excluding hydrogens is 272 g/mol. The van der Waals surface area contributed by atoms with Gasteiger partial charge in [-0.3, -0.25) is 4.79 Å². The Morgan fingerprint density at radius 1 is 1.26 bits per heavy atom. The normalized spacial score (nSPS) is 15.6. The number of benzene rings is 1. The molecule has 1 aromatic rings. The summed E-state index contributed by atoms with van der Waals surface area (Å²) in [6.07, 6.45) is 0.393. The van der Waals surface area contributed by atoms with E-state index in [4.69, 9.17) is 4.74 Å². The van der Waals surface area contributed by atoms with Crippen molar-refractivity contribution in [3.63, 3.8) is 0 Å². The molecule has 0 aliphatic carbocycles. The summed E-state index contributed by atoms with van der Waals surface area (Å²) in [4.78, 5) is 14.2. The van der Waals surface area contributed by atoms with Crippen molar-refractivity contribution in [2.45, 2.75) is 11.3 Å². The van der Waals surface area contributed by atoms with Gasteiger partial charge in [-0.05, 0) is 18.2 Å². The molecule has 0 atom stereocenters. The monoisotopic (exact) mass is 287 g/mol. The maximum Gasteiger partial charge on any atom is 0.223 e. The van der Waals surface area contributed by atoms with Crippen LogP contribution in [0.15, 0.2) is 23.1 Å². The molecule has 1 aliphatic rings. The van der Waals surface area contributed by atoms with Crippen LogP contribution in [0.4, 0.5) is 8.78 Å². The van der Waals surface area contributed by atoms with E-state index in [1.54, 1.807) is 4.90 Å². The Hall–Kier alpha value is -1.14. The first-order valence-electron chi connectivity index (χ1n) is 6.10. The molecule has 104 valence electrons. The lowest BCUT2D eigenvalue weighted by atomic mass is 10.3. The van der Waals surface area contributed by atoms with Crippen LogP contribution < -0.4 is 0 Å². The van der Waals surface area contributed by atoms with Crippen molar-refractivity contribution in [1.29, 1.82) is 0 Å². The van der Waals surface area contributed by atoms with Gasteiger partial charge in [0.05, 0.1) is 13.2 Å². The Kier molecular flexibility index (Phi) is 5.15. The van der Waals surface area contributed by atoms with E-state index in [0.717, 1.165) is 12.1 Å². The predicted octanol–water partition coefficient (Wildman–Crippen LogP) is 2.31. The second-order valence-corrected chi connectivity index (χ2v) is 5.34. The molecule has 0 N–H and O–H groups in total. The summed E-state index contributed by atoms with van der Waals surface area (Å²) >= 11 is 1.35. The zero-order valence-electron chi connectivity index (χ0n) is 10.4. The van der Waals surface area contributed by atoms with Crippen LogP contribution in [-0.4, -0.2) is 42.9 Å². The molecule has 3 nitrogen and oxygen atoms in total. The molecule has 0 bridgehead atoms. The summed E-state index contributed by atoms with van der Waals surface area (Å²) in [7, 11) is 0. The molecule has 0 unspecified atom stereocenters. The number of rotatable bonds is 4. The third-order valence-corrected chi connectivity index (χ3v) is 3.84. The van der Waals surface area contributed by atoms with Gasteiger partial charge in [-0.2, -0.15) is 0 Å². The van der Waals surface area contributed by atoms with Gasteiger partial charge in [0.25, 0.3) is 0 Å². The lowest BCUT2D eigenvalue weighted by Gasteiger charge is -2.26. The number of amides is 1. The van der Waals surface area contributed by atoms with Crippen molar-refractivity contribution < 1.29 is 18.3 Å². The molecule has 1 fully saturated rings. The minimum Gasteiger partial charge on any atom is -0.378 e. The van der Waals surface area contributed by atoms with Gasteiger partial charge in [-0.1, -0.05) is 0 Å². The van der Waals surface area contributed by atoms with Crippen LogP contribution in [0.1, 0.15) is 6.42 Å². The molecule has 1 aliphatic heterocycles. The molecule has 0 aromatic heterocycles. The molecule has 0 saturated carbocycles. The molecule has 1 saturated heterocycles. The summed E-state index contributed by atoms with van der Waals surface area (Å²) in [6, 6.07) is 3.77. The van der Waals surface area contributed by atoms with Crippen LogP contribution in [0.2, 0.25) is 0 Å². The number of hydrogen-bond acceptors (Lipinski definition) is 3. The Labute approximate surface area is 114 Å². The van der Waals surface area contributed by atoms with Crippen molar-refractivity contribution in [2.24, 2.45) is 0 Å². The van der Waals surface area contributed by atoms with E-state index in [1.165, 1.54) is 17.8 Å². The number of thioether (sulfide) groups is 1. The van der Waals surface area contributed by atoms with Crippen LogP contribution in [0.3, 0.4) is 0 Å². The summed E-state index contributed by atoms with van der Waals surface area (Å²) in [6.45, 7) is 2.44. The molecule has 6 heteroatoms. The summed E-state index contributed by atoms with van der Waals surface area (Å²) < 4.78 is 30.9. The first-order valence-corrected chi connectivity index (χ1v) is 7.09. The van der Waals surface area contributed by atoms with Crippen molar-refractivity contribution in [2.75, 3.05) is 32.1 Å². The first kappa shape index (κ1) is 14.3. The maximum absolute atomic E-state index is 13.0. The number of hydrogen-bond donors (Lipinski definition) is 0. The number of morpholine rings is 1. The van der Waals surface area contributed by atoms with E-state index in [1.807, 2.05) is 0 Å². The molecule has 1 heterocycles. The third kappa shape index (κ3) is 4.18. The van der Waals surface area contributed by atoms with Gasteiger partial charge in [0.2, 0.25) is 5.91 Å². The van der Waals surface area contributed by atoms with E-state index in [9.17, 15) is 13.6 Å². The van der Waals surface area contributed by atoms with Gasteiger partial charge < -0.3 is 9.64 Å². The molecule has 1 amide bonds.